The van der Waals surface area contributed by atoms with Crippen LogP contribution in [0.4, 0.5) is 0 Å². The molecule has 0 unspecified atom stereocenters. The molecule has 0 aliphatic rings. The van der Waals surface area contributed by atoms with Crippen molar-refractivity contribution < 1.29 is 4.74 Å². The molecule has 0 radical (unpaired) electrons. The second-order valence-electron chi connectivity index (χ2n) is 10.5. The third-order valence-corrected chi connectivity index (χ3v) is 7.41. The molecule has 4 aromatic rings. The van der Waals surface area contributed by atoms with Crippen molar-refractivity contribution in [1.29, 1.82) is 0 Å². The van der Waals surface area contributed by atoms with Crippen LogP contribution in [-0.2, 0) is 11.2 Å². The second kappa shape index (κ2) is 16.9. The summed E-state index contributed by atoms with van der Waals surface area (Å²) in [5.74, 6) is 0.590. The third kappa shape index (κ3) is 9.84. The van der Waals surface area contributed by atoms with Gasteiger partial charge in [0.05, 0.1) is 11.3 Å². The molecule has 0 spiro atoms. The van der Waals surface area contributed by atoms with E-state index >= 15 is 0 Å². The minimum absolute atomic E-state index is 0.0417. The normalized spacial score (nSPS) is 11.7. The molecular weight excluding hydrogens is 498 g/mol. The number of rotatable bonds is 8. The van der Waals surface area contributed by atoms with Crippen molar-refractivity contribution >= 4 is 11.3 Å². The summed E-state index contributed by atoms with van der Waals surface area (Å²) in [7, 11) is 3.61. The van der Waals surface area contributed by atoms with Gasteiger partial charge in [-0.3, -0.25) is 4.99 Å². The van der Waals surface area contributed by atoms with Crippen molar-refractivity contribution in [2.45, 2.75) is 46.6 Å². The highest BCUT2D eigenvalue weighted by atomic mass is 16.5. The van der Waals surface area contributed by atoms with Crippen LogP contribution in [0, 0.1) is 5.92 Å². The molecular formula is C39H47NO. The summed E-state index contributed by atoms with van der Waals surface area (Å²) in [6, 6.07) is 38.5. The minimum Gasteiger partial charge on any atom is -0.379 e. The lowest BCUT2D eigenvalue weighted by Crippen LogP contribution is -2.29. The molecule has 0 heterocycles. The van der Waals surface area contributed by atoms with E-state index in [9.17, 15) is 0 Å². The van der Waals surface area contributed by atoms with Gasteiger partial charge >= 0.3 is 0 Å². The average molecular weight is 546 g/mol. The quantitative estimate of drug-likeness (QED) is 0.159. The van der Waals surface area contributed by atoms with Crippen LogP contribution >= 0.6 is 0 Å². The number of hydrogen-bond acceptors (Lipinski definition) is 2. The predicted molar refractivity (Wildman–Crippen MR) is 181 cm³/mol. The van der Waals surface area contributed by atoms with Crippen molar-refractivity contribution in [3.63, 3.8) is 0 Å². The second-order valence-corrected chi connectivity index (χ2v) is 10.5. The van der Waals surface area contributed by atoms with Gasteiger partial charge in [0.2, 0.25) is 0 Å². The molecule has 41 heavy (non-hydrogen) atoms. The van der Waals surface area contributed by atoms with E-state index in [1.54, 1.807) is 7.11 Å². The number of hydrogen-bond donors (Lipinski definition) is 0. The predicted octanol–water partition coefficient (Wildman–Crippen LogP) is 10.3. The van der Waals surface area contributed by atoms with Gasteiger partial charge in [-0.05, 0) is 77.3 Å². The molecule has 0 N–H and O–H groups in total. The molecule has 4 aromatic carbocycles. The highest BCUT2D eigenvalue weighted by molar-refractivity contribution is 6.13. The molecule has 0 aliphatic heterocycles. The summed E-state index contributed by atoms with van der Waals surface area (Å²) in [6.45, 7) is 16.7. The molecule has 0 atom stereocenters. The number of methoxy groups -OCH3 is 1. The molecule has 2 nitrogen and oxygen atoms in total. The standard InChI is InChI=1S/C30H27N.C7H16O.C2H4/c1-3-23-19-27(24-13-7-4-8-14-24)21-28(20-23)29(25-15-9-5-10-16-25)22-30(31-2)26-17-11-6-12-18-26;1-6(2)7(3,4)8-5;1-2/h4-22H,3H2,1-2H3;6H,1-5H3;1-2H2/b29-22-,31-30?;;. The molecule has 0 amide bonds. The monoisotopic (exact) mass is 545 g/mol. The first-order chi connectivity index (χ1) is 19.8. The fourth-order valence-electron chi connectivity index (χ4n) is 4.06. The van der Waals surface area contributed by atoms with Gasteiger partial charge in [0.15, 0.2) is 0 Å². The highest BCUT2D eigenvalue weighted by Crippen LogP contribution is 2.30. The summed E-state index contributed by atoms with van der Waals surface area (Å²) >= 11 is 0. The SMILES string of the molecule is C=C.CCc1cc(/C(=C\C(=NC)c2ccccc2)c2ccccc2)cc(-c2ccccc2)c1.COC(C)(C)C(C)C. The van der Waals surface area contributed by atoms with E-state index < -0.39 is 0 Å². The first-order valence-electron chi connectivity index (χ1n) is 14.3. The Kier molecular flexibility index (Phi) is 13.7. The first-order valence-corrected chi connectivity index (χ1v) is 14.3. The van der Waals surface area contributed by atoms with Gasteiger partial charge in [-0.25, -0.2) is 0 Å². The summed E-state index contributed by atoms with van der Waals surface area (Å²) in [5.41, 5.74) is 9.51. The van der Waals surface area contributed by atoms with E-state index in [4.69, 9.17) is 4.74 Å². The molecule has 4 rings (SSSR count). The van der Waals surface area contributed by atoms with Gasteiger partial charge in [-0.15, -0.1) is 13.2 Å². The molecule has 0 saturated heterocycles. The topological polar surface area (TPSA) is 21.6 Å². The van der Waals surface area contributed by atoms with Crippen LogP contribution in [0.15, 0.2) is 133 Å². The Morgan fingerprint density at radius 2 is 1.27 bits per heavy atom. The summed E-state index contributed by atoms with van der Waals surface area (Å²) in [6.07, 6.45) is 3.21. The van der Waals surface area contributed by atoms with Crippen molar-refractivity contribution in [2.24, 2.45) is 10.9 Å². The summed E-state index contributed by atoms with van der Waals surface area (Å²) in [4.78, 5) is 4.61. The lowest BCUT2D eigenvalue weighted by Gasteiger charge is -2.26. The minimum atomic E-state index is 0.0417. The smallest absolute Gasteiger partial charge is 0.0649 e. The maximum atomic E-state index is 5.20. The van der Waals surface area contributed by atoms with Gasteiger partial charge in [0.25, 0.3) is 0 Å². The number of aliphatic imine (C=N–C) groups is 1. The zero-order valence-corrected chi connectivity index (χ0v) is 26.0. The Balaban J connectivity index is 0.000000509. The van der Waals surface area contributed by atoms with Crippen LogP contribution in [0.1, 0.15) is 56.9 Å². The third-order valence-electron chi connectivity index (χ3n) is 7.41. The zero-order chi connectivity index (χ0) is 30.3. The number of aryl methyl sites for hydroxylation is 1. The van der Waals surface area contributed by atoms with Crippen molar-refractivity contribution in [2.75, 3.05) is 14.2 Å². The number of benzene rings is 4. The lowest BCUT2D eigenvalue weighted by atomic mass is 9.90. The fraction of sp³-hybridized carbons (Fsp3) is 0.256. The molecule has 0 fully saturated rings. The van der Waals surface area contributed by atoms with Gasteiger partial charge in [0.1, 0.15) is 0 Å². The van der Waals surface area contributed by atoms with Crippen LogP contribution in [0.3, 0.4) is 0 Å². The maximum absolute atomic E-state index is 5.20. The molecule has 2 heteroatoms. The first kappa shape index (κ1) is 33.2. The number of allylic oxidation sites excluding steroid dienone is 1. The maximum Gasteiger partial charge on any atom is 0.0649 e. The Labute approximate surface area is 249 Å². The van der Waals surface area contributed by atoms with Gasteiger partial charge in [-0.1, -0.05) is 124 Å². The Morgan fingerprint density at radius 3 is 1.71 bits per heavy atom. The Morgan fingerprint density at radius 1 is 0.756 bits per heavy atom. The molecule has 0 bridgehead atoms. The van der Waals surface area contributed by atoms with Crippen LogP contribution < -0.4 is 0 Å². The van der Waals surface area contributed by atoms with E-state index in [1.807, 2.05) is 13.1 Å². The van der Waals surface area contributed by atoms with E-state index in [1.165, 1.54) is 33.4 Å². The van der Waals surface area contributed by atoms with Crippen molar-refractivity contribution in [3.05, 3.63) is 151 Å². The largest absolute Gasteiger partial charge is 0.379 e. The molecule has 0 aromatic heterocycles. The van der Waals surface area contributed by atoms with Gasteiger partial charge in [-0.2, -0.15) is 0 Å². The molecule has 0 aliphatic carbocycles. The number of ether oxygens (including phenoxy) is 1. The van der Waals surface area contributed by atoms with Crippen LogP contribution in [0.25, 0.3) is 16.7 Å². The Bertz CT molecular complexity index is 1370. The summed E-state index contributed by atoms with van der Waals surface area (Å²) in [5, 5.41) is 0. The zero-order valence-electron chi connectivity index (χ0n) is 26.0. The summed E-state index contributed by atoms with van der Waals surface area (Å²) < 4.78 is 5.20. The fourth-order valence-corrected chi connectivity index (χ4v) is 4.06. The van der Waals surface area contributed by atoms with Gasteiger partial charge < -0.3 is 4.74 Å². The van der Waals surface area contributed by atoms with E-state index in [0.29, 0.717) is 5.92 Å². The molecule has 0 saturated carbocycles. The van der Waals surface area contributed by atoms with Crippen molar-refractivity contribution in [1.82, 2.24) is 0 Å². The average Bonchev–Trinajstić information content (AvgIpc) is 3.03. The van der Waals surface area contributed by atoms with E-state index in [2.05, 4.69) is 162 Å². The molecule has 214 valence electrons. The van der Waals surface area contributed by atoms with Gasteiger partial charge in [0, 0.05) is 14.2 Å². The van der Waals surface area contributed by atoms with Crippen molar-refractivity contribution in [3.8, 4) is 11.1 Å². The van der Waals surface area contributed by atoms with Crippen LogP contribution in [0.5, 0.6) is 0 Å². The van der Waals surface area contributed by atoms with Crippen LogP contribution in [-0.4, -0.2) is 25.5 Å². The Hall–Kier alpha value is -4.01. The van der Waals surface area contributed by atoms with E-state index in [0.717, 1.165) is 17.7 Å². The lowest BCUT2D eigenvalue weighted by molar-refractivity contribution is -0.0156. The number of nitrogens with zero attached hydrogens (tertiary/aromatic N) is 1. The van der Waals surface area contributed by atoms with E-state index in [-0.39, 0.29) is 5.60 Å². The highest BCUT2D eigenvalue weighted by Gasteiger charge is 2.20. The van der Waals surface area contributed by atoms with Crippen LogP contribution in [0.2, 0.25) is 0 Å².